The van der Waals surface area contributed by atoms with Crippen LogP contribution in [0.4, 0.5) is 10.2 Å². The fourth-order valence-electron chi connectivity index (χ4n) is 2.93. The molecule has 1 N–H and O–H groups in total. The highest BCUT2D eigenvalue weighted by atomic mass is 19.1. The van der Waals surface area contributed by atoms with E-state index in [2.05, 4.69) is 15.0 Å². The molecule has 0 radical (unpaired) electrons. The van der Waals surface area contributed by atoms with Crippen molar-refractivity contribution >= 4 is 16.7 Å². The lowest BCUT2D eigenvalue weighted by atomic mass is 10.1. The van der Waals surface area contributed by atoms with Gasteiger partial charge in [-0.3, -0.25) is 4.98 Å². The van der Waals surface area contributed by atoms with Crippen molar-refractivity contribution in [3.63, 3.8) is 0 Å². The van der Waals surface area contributed by atoms with Crippen LogP contribution in [-0.4, -0.2) is 39.3 Å². The standard InChI is InChI=1S/C17H15FN4O/c18-12-8-11-2-1-5-19-16(11)14(9-12)17-20-6-3-15(21-17)22-7-4-13(23)10-22/h1-3,5-6,8-9,13,23H,4,7,10H2/t13-/m1/s1. The van der Waals surface area contributed by atoms with Crippen molar-refractivity contribution in [1.82, 2.24) is 15.0 Å². The third kappa shape index (κ3) is 2.61. The number of nitrogens with zero attached hydrogens (tertiary/aromatic N) is 4. The zero-order chi connectivity index (χ0) is 15.8. The van der Waals surface area contributed by atoms with E-state index in [9.17, 15) is 9.50 Å². The molecule has 116 valence electrons. The van der Waals surface area contributed by atoms with Crippen LogP contribution in [0.5, 0.6) is 0 Å². The van der Waals surface area contributed by atoms with Crippen LogP contribution >= 0.6 is 0 Å². The normalized spacial score (nSPS) is 17.8. The maximum Gasteiger partial charge on any atom is 0.163 e. The minimum Gasteiger partial charge on any atom is -0.391 e. The molecule has 1 saturated heterocycles. The first-order chi connectivity index (χ1) is 11.2. The lowest BCUT2D eigenvalue weighted by Crippen LogP contribution is -2.22. The molecule has 1 atom stereocenters. The number of halogens is 1. The van der Waals surface area contributed by atoms with Gasteiger partial charge in [0.15, 0.2) is 5.82 Å². The van der Waals surface area contributed by atoms with Crippen LogP contribution in [0.2, 0.25) is 0 Å². The summed E-state index contributed by atoms with van der Waals surface area (Å²) >= 11 is 0. The van der Waals surface area contributed by atoms with Gasteiger partial charge < -0.3 is 10.0 Å². The van der Waals surface area contributed by atoms with Gasteiger partial charge in [0.2, 0.25) is 0 Å². The number of hydrogen-bond acceptors (Lipinski definition) is 5. The van der Waals surface area contributed by atoms with E-state index in [4.69, 9.17) is 0 Å². The molecule has 1 aromatic carbocycles. The van der Waals surface area contributed by atoms with Crippen LogP contribution in [0.25, 0.3) is 22.3 Å². The quantitative estimate of drug-likeness (QED) is 0.787. The van der Waals surface area contributed by atoms with Crippen molar-refractivity contribution in [3.05, 3.63) is 48.5 Å². The van der Waals surface area contributed by atoms with Crippen molar-refractivity contribution in [1.29, 1.82) is 0 Å². The van der Waals surface area contributed by atoms with Crippen LogP contribution in [-0.2, 0) is 0 Å². The molecule has 5 nitrogen and oxygen atoms in total. The fraction of sp³-hybridized carbons (Fsp3) is 0.235. The van der Waals surface area contributed by atoms with Crippen molar-refractivity contribution < 1.29 is 9.50 Å². The molecule has 3 heterocycles. The zero-order valence-corrected chi connectivity index (χ0v) is 12.4. The SMILES string of the molecule is O[C@@H]1CCN(c2ccnc(-c3cc(F)cc4cccnc34)n2)C1. The largest absolute Gasteiger partial charge is 0.391 e. The smallest absolute Gasteiger partial charge is 0.163 e. The maximum atomic E-state index is 13.9. The Labute approximate surface area is 132 Å². The molecule has 1 aliphatic rings. The molecular formula is C17H15FN4O. The van der Waals surface area contributed by atoms with Crippen molar-refractivity contribution in [2.45, 2.75) is 12.5 Å². The molecule has 0 aliphatic carbocycles. The van der Waals surface area contributed by atoms with Crippen LogP contribution in [0.15, 0.2) is 42.7 Å². The number of pyridine rings is 1. The monoisotopic (exact) mass is 310 g/mol. The number of aromatic nitrogens is 3. The van der Waals surface area contributed by atoms with Crippen molar-refractivity contribution in [3.8, 4) is 11.4 Å². The highest BCUT2D eigenvalue weighted by Gasteiger charge is 2.22. The Hall–Kier alpha value is -2.60. The average molecular weight is 310 g/mol. The van der Waals surface area contributed by atoms with Gasteiger partial charge in [0.05, 0.1) is 11.6 Å². The summed E-state index contributed by atoms with van der Waals surface area (Å²) in [4.78, 5) is 15.2. The average Bonchev–Trinajstić information content (AvgIpc) is 3.01. The molecule has 0 unspecified atom stereocenters. The van der Waals surface area contributed by atoms with Gasteiger partial charge in [0.1, 0.15) is 11.6 Å². The molecule has 0 bridgehead atoms. The first-order valence-corrected chi connectivity index (χ1v) is 7.51. The van der Waals surface area contributed by atoms with E-state index in [1.807, 2.05) is 11.0 Å². The van der Waals surface area contributed by atoms with Gasteiger partial charge in [0.25, 0.3) is 0 Å². The molecule has 1 aliphatic heterocycles. The summed E-state index contributed by atoms with van der Waals surface area (Å²) in [5.41, 5.74) is 1.25. The Morgan fingerprint density at radius 1 is 1.17 bits per heavy atom. The third-order valence-electron chi connectivity index (χ3n) is 4.04. The molecule has 1 fully saturated rings. The number of β-amino-alcohol motifs (C(OH)–C–C–N with tert-alkyl or cyclic N) is 1. The van der Waals surface area contributed by atoms with Gasteiger partial charge in [-0.1, -0.05) is 6.07 Å². The Kier molecular flexibility index (Phi) is 3.38. The molecule has 0 spiro atoms. The first kappa shape index (κ1) is 14.0. The van der Waals surface area contributed by atoms with Gasteiger partial charge in [-0.25, -0.2) is 14.4 Å². The number of fused-ring (bicyclic) bond motifs is 1. The molecule has 3 aromatic rings. The molecule has 2 aromatic heterocycles. The minimum atomic E-state index is -0.342. The van der Waals surface area contributed by atoms with E-state index in [1.54, 1.807) is 24.5 Å². The van der Waals surface area contributed by atoms with Crippen LogP contribution in [0.3, 0.4) is 0 Å². The minimum absolute atomic E-state index is 0.329. The number of rotatable bonds is 2. The maximum absolute atomic E-state index is 13.9. The molecule has 0 amide bonds. The summed E-state index contributed by atoms with van der Waals surface area (Å²) < 4.78 is 13.9. The summed E-state index contributed by atoms with van der Waals surface area (Å²) in [5, 5.41) is 10.4. The number of aliphatic hydroxyl groups excluding tert-OH is 1. The van der Waals surface area contributed by atoms with E-state index in [0.29, 0.717) is 28.8 Å². The second kappa shape index (κ2) is 5.55. The molecule has 0 saturated carbocycles. The van der Waals surface area contributed by atoms with Crippen LogP contribution < -0.4 is 4.90 Å². The Bertz CT molecular complexity index is 870. The number of aliphatic hydroxyl groups is 1. The predicted octanol–water partition coefficient (Wildman–Crippen LogP) is 2.40. The second-order valence-corrected chi connectivity index (χ2v) is 5.66. The summed E-state index contributed by atoms with van der Waals surface area (Å²) in [6.45, 7) is 1.30. The molecule has 4 rings (SSSR count). The van der Waals surface area contributed by atoms with E-state index in [0.717, 1.165) is 18.8 Å². The van der Waals surface area contributed by atoms with E-state index < -0.39 is 0 Å². The second-order valence-electron chi connectivity index (χ2n) is 5.66. The molecule has 23 heavy (non-hydrogen) atoms. The number of benzene rings is 1. The summed E-state index contributed by atoms with van der Waals surface area (Å²) in [7, 11) is 0. The van der Waals surface area contributed by atoms with E-state index in [1.165, 1.54) is 12.1 Å². The van der Waals surface area contributed by atoms with Gasteiger partial charge in [-0.05, 0) is 30.7 Å². The highest BCUT2D eigenvalue weighted by molar-refractivity contribution is 5.91. The Morgan fingerprint density at radius 2 is 2.09 bits per heavy atom. The molecular weight excluding hydrogens is 295 g/mol. The predicted molar refractivity (Wildman–Crippen MR) is 85.6 cm³/mol. The zero-order valence-electron chi connectivity index (χ0n) is 12.4. The van der Waals surface area contributed by atoms with Crippen LogP contribution in [0, 0.1) is 5.82 Å². The van der Waals surface area contributed by atoms with Gasteiger partial charge >= 0.3 is 0 Å². The molecule has 6 heteroatoms. The highest BCUT2D eigenvalue weighted by Crippen LogP contribution is 2.27. The number of hydrogen-bond donors (Lipinski definition) is 1. The Balaban J connectivity index is 1.82. The fourth-order valence-corrected chi connectivity index (χ4v) is 2.93. The van der Waals surface area contributed by atoms with E-state index in [-0.39, 0.29) is 11.9 Å². The Morgan fingerprint density at radius 3 is 2.91 bits per heavy atom. The number of anilines is 1. The third-order valence-corrected chi connectivity index (χ3v) is 4.04. The lowest BCUT2D eigenvalue weighted by molar-refractivity contribution is 0.198. The van der Waals surface area contributed by atoms with Crippen molar-refractivity contribution in [2.24, 2.45) is 0 Å². The van der Waals surface area contributed by atoms with Crippen LogP contribution in [0.1, 0.15) is 6.42 Å². The topological polar surface area (TPSA) is 62.1 Å². The van der Waals surface area contributed by atoms with E-state index >= 15 is 0 Å². The summed E-state index contributed by atoms with van der Waals surface area (Å²) in [6.07, 6.45) is 3.72. The van der Waals surface area contributed by atoms with Gasteiger partial charge in [0, 0.05) is 36.4 Å². The van der Waals surface area contributed by atoms with Gasteiger partial charge in [-0.15, -0.1) is 0 Å². The lowest BCUT2D eigenvalue weighted by Gasteiger charge is -2.17. The summed E-state index contributed by atoms with van der Waals surface area (Å²) in [5.74, 6) is 0.832. The first-order valence-electron chi connectivity index (χ1n) is 7.51. The van der Waals surface area contributed by atoms with Crippen molar-refractivity contribution in [2.75, 3.05) is 18.0 Å². The summed E-state index contributed by atoms with van der Waals surface area (Å²) in [6, 6.07) is 8.25. The van der Waals surface area contributed by atoms with Gasteiger partial charge in [-0.2, -0.15) is 0 Å².